The minimum Gasteiger partial charge on any atom is -0.450 e. The van der Waals surface area contributed by atoms with Gasteiger partial charge in [0.1, 0.15) is 0 Å². The fraction of sp³-hybridized carbons (Fsp3) is 0.917. The summed E-state index contributed by atoms with van der Waals surface area (Å²) in [5, 5.41) is 10.0. The molecule has 2 atom stereocenters. The third-order valence-corrected chi connectivity index (χ3v) is 5.06. The molecule has 1 saturated heterocycles. The van der Waals surface area contributed by atoms with Gasteiger partial charge >= 0.3 is 6.09 Å². The van der Waals surface area contributed by atoms with Crippen molar-refractivity contribution in [3.8, 4) is 0 Å². The number of rotatable bonds is 3. The largest absolute Gasteiger partial charge is 0.450 e. The number of β-amino-alcohol motifs (C(OH)–C–C–N with tert-alkyl or cyclic N) is 1. The maximum absolute atomic E-state index is 11.8. The number of aliphatic hydroxyl groups is 1. The van der Waals surface area contributed by atoms with Crippen LogP contribution < -0.4 is 5.73 Å². The van der Waals surface area contributed by atoms with Gasteiger partial charge in [0.25, 0.3) is 0 Å². The SMILES string of the molecule is C[C@@]1(O)CN(C(=O)OCC[Si](C)(C)C)CC[C@H]1N. The highest BCUT2D eigenvalue weighted by molar-refractivity contribution is 6.76. The van der Waals surface area contributed by atoms with Gasteiger partial charge in [0.05, 0.1) is 18.8 Å². The number of carbonyl (C=O) groups excluding carboxylic acids is 1. The van der Waals surface area contributed by atoms with Gasteiger partial charge < -0.3 is 20.5 Å². The molecule has 1 aliphatic rings. The number of likely N-dealkylation sites (tertiary alicyclic amines) is 1. The lowest BCUT2D eigenvalue weighted by Crippen LogP contribution is -2.59. The van der Waals surface area contributed by atoms with Crippen LogP contribution in [0.5, 0.6) is 0 Å². The molecule has 0 aromatic rings. The number of carbonyl (C=O) groups is 1. The summed E-state index contributed by atoms with van der Waals surface area (Å²) in [5.74, 6) is 0. The first kappa shape index (κ1) is 15.5. The summed E-state index contributed by atoms with van der Waals surface area (Å²) < 4.78 is 5.26. The molecule has 6 heteroatoms. The number of nitrogens with two attached hydrogens (primary N) is 1. The van der Waals surface area contributed by atoms with Gasteiger partial charge in [-0.25, -0.2) is 4.79 Å². The third-order valence-electron chi connectivity index (χ3n) is 3.36. The molecule has 0 radical (unpaired) electrons. The standard InChI is InChI=1S/C12H26N2O3Si/c1-12(16)9-14(6-5-10(12)13)11(15)17-7-8-18(2,3)4/h10,16H,5-9,13H2,1-4H3/t10-,12-/m1/s1. The molecule has 1 fully saturated rings. The van der Waals surface area contributed by atoms with Gasteiger partial charge in [0.2, 0.25) is 0 Å². The Kier molecular flexibility index (Phi) is 4.80. The smallest absolute Gasteiger partial charge is 0.409 e. The van der Waals surface area contributed by atoms with Crippen LogP contribution in [0.25, 0.3) is 0 Å². The first-order valence-corrected chi connectivity index (χ1v) is 10.2. The van der Waals surface area contributed by atoms with Gasteiger partial charge in [-0.1, -0.05) is 19.6 Å². The molecule has 106 valence electrons. The number of hydrogen-bond acceptors (Lipinski definition) is 4. The zero-order chi connectivity index (χ0) is 14.0. The van der Waals surface area contributed by atoms with Crippen LogP contribution in [0.15, 0.2) is 0 Å². The van der Waals surface area contributed by atoms with E-state index in [1.807, 2.05) is 0 Å². The molecule has 1 amide bonds. The lowest BCUT2D eigenvalue weighted by Gasteiger charge is -2.40. The van der Waals surface area contributed by atoms with E-state index >= 15 is 0 Å². The molecule has 18 heavy (non-hydrogen) atoms. The predicted molar refractivity (Wildman–Crippen MR) is 74.3 cm³/mol. The average molecular weight is 274 g/mol. The second-order valence-corrected chi connectivity index (χ2v) is 12.2. The normalized spacial score (nSPS) is 29.2. The number of amides is 1. The quantitative estimate of drug-likeness (QED) is 0.759. The molecule has 0 spiro atoms. The molecule has 5 nitrogen and oxygen atoms in total. The molecule has 0 aromatic carbocycles. The van der Waals surface area contributed by atoms with E-state index in [0.717, 1.165) is 6.04 Å². The van der Waals surface area contributed by atoms with Crippen molar-refractivity contribution in [3.63, 3.8) is 0 Å². The highest BCUT2D eigenvalue weighted by atomic mass is 28.3. The molecule has 1 heterocycles. The number of hydrogen-bond donors (Lipinski definition) is 2. The van der Waals surface area contributed by atoms with Crippen LogP contribution in [0, 0.1) is 0 Å². The maximum atomic E-state index is 11.8. The van der Waals surface area contributed by atoms with E-state index in [-0.39, 0.29) is 18.7 Å². The Morgan fingerprint density at radius 1 is 1.56 bits per heavy atom. The minimum absolute atomic E-state index is 0.250. The van der Waals surface area contributed by atoms with Crippen LogP contribution >= 0.6 is 0 Å². The summed E-state index contributed by atoms with van der Waals surface area (Å²) in [6, 6.07) is 0.686. The summed E-state index contributed by atoms with van der Waals surface area (Å²) in [6.45, 7) is 9.67. The molecule has 1 rings (SSSR count). The Morgan fingerprint density at radius 3 is 2.67 bits per heavy atom. The third kappa shape index (κ3) is 4.59. The molecule has 3 N–H and O–H groups in total. The van der Waals surface area contributed by atoms with E-state index in [9.17, 15) is 9.90 Å². The van der Waals surface area contributed by atoms with Gasteiger partial charge in [-0.05, 0) is 19.4 Å². The van der Waals surface area contributed by atoms with Crippen molar-refractivity contribution >= 4 is 14.2 Å². The Morgan fingerprint density at radius 2 is 2.17 bits per heavy atom. The van der Waals surface area contributed by atoms with E-state index in [2.05, 4.69) is 19.6 Å². The highest BCUT2D eigenvalue weighted by Crippen LogP contribution is 2.20. The van der Waals surface area contributed by atoms with Crippen molar-refractivity contribution in [2.45, 2.75) is 50.7 Å². The summed E-state index contributed by atoms with van der Waals surface area (Å²) >= 11 is 0. The molecule has 0 bridgehead atoms. The van der Waals surface area contributed by atoms with Crippen LogP contribution in [0.2, 0.25) is 25.7 Å². The lowest BCUT2D eigenvalue weighted by atomic mass is 9.90. The van der Waals surface area contributed by atoms with Crippen molar-refractivity contribution in [2.24, 2.45) is 5.73 Å². The monoisotopic (exact) mass is 274 g/mol. The fourth-order valence-corrected chi connectivity index (χ4v) is 2.59. The van der Waals surface area contributed by atoms with Crippen molar-refractivity contribution in [2.75, 3.05) is 19.7 Å². The van der Waals surface area contributed by atoms with Gasteiger partial charge in [-0.2, -0.15) is 0 Å². The second-order valence-electron chi connectivity index (χ2n) is 6.60. The molecule has 0 saturated carbocycles. The van der Waals surface area contributed by atoms with Gasteiger partial charge in [0, 0.05) is 20.7 Å². The van der Waals surface area contributed by atoms with E-state index in [0.29, 0.717) is 19.6 Å². The lowest BCUT2D eigenvalue weighted by molar-refractivity contribution is -0.0300. The molecular weight excluding hydrogens is 248 g/mol. The van der Waals surface area contributed by atoms with Crippen LogP contribution in [0.1, 0.15) is 13.3 Å². The maximum Gasteiger partial charge on any atom is 0.409 e. The van der Waals surface area contributed by atoms with E-state index in [1.165, 1.54) is 0 Å². The first-order chi connectivity index (χ1) is 8.12. The van der Waals surface area contributed by atoms with Crippen LogP contribution in [0.4, 0.5) is 4.79 Å². The molecule has 0 aliphatic carbocycles. The van der Waals surface area contributed by atoms with Gasteiger partial charge in [-0.15, -0.1) is 0 Å². The Hall–Kier alpha value is -0.593. The zero-order valence-electron chi connectivity index (χ0n) is 11.9. The van der Waals surface area contributed by atoms with E-state index in [1.54, 1.807) is 11.8 Å². The summed E-state index contributed by atoms with van der Waals surface area (Å²) in [5.41, 5.74) is 4.79. The minimum atomic E-state index is -1.18. The van der Waals surface area contributed by atoms with Crippen LogP contribution in [0.3, 0.4) is 0 Å². The van der Waals surface area contributed by atoms with Gasteiger partial charge in [-0.3, -0.25) is 0 Å². The number of nitrogens with zero attached hydrogens (tertiary/aromatic N) is 1. The average Bonchev–Trinajstić information content (AvgIpc) is 2.20. The van der Waals surface area contributed by atoms with Crippen molar-refractivity contribution in [1.29, 1.82) is 0 Å². The van der Waals surface area contributed by atoms with Crippen molar-refractivity contribution in [1.82, 2.24) is 4.90 Å². The van der Waals surface area contributed by atoms with Crippen molar-refractivity contribution < 1.29 is 14.6 Å². The fourth-order valence-electron chi connectivity index (χ4n) is 1.88. The Labute approximate surface area is 110 Å². The van der Waals surface area contributed by atoms with Crippen molar-refractivity contribution in [3.05, 3.63) is 0 Å². The summed E-state index contributed by atoms with van der Waals surface area (Å²) in [6.07, 6.45) is 0.274. The summed E-state index contributed by atoms with van der Waals surface area (Å²) in [7, 11) is -1.18. The molecule has 1 aliphatic heterocycles. The Balaban J connectivity index is 2.39. The van der Waals surface area contributed by atoms with Crippen LogP contribution in [-0.2, 0) is 4.74 Å². The Bertz CT molecular complexity index is 302. The second kappa shape index (κ2) is 5.58. The zero-order valence-corrected chi connectivity index (χ0v) is 12.9. The number of piperidine rings is 1. The topological polar surface area (TPSA) is 75.8 Å². The molecule has 0 aromatic heterocycles. The molecular formula is C12H26N2O3Si. The number of ether oxygens (including phenoxy) is 1. The predicted octanol–water partition coefficient (Wildman–Crippen LogP) is 1.25. The van der Waals surface area contributed by atoms with Crippen LogP contribution in [-0.4, -0.2) is 55.5 Å². The molecule has 0 unspecified atom stereocenters. The first-order valence-electron chi connectivity index (χ1n) is 6.51. The van der Waals surface area contributed by atoms with E-state index in [4.69, 9.17) is 10.5 Å². The van der Waals surface area contributed by atoms with E-state index < -0.39 is 13.7 Å². The van der Waals surface area contributed by atoms with Gasteiger partial charge in [0.15, 0.2) is 0 Å². The highest BCUT2D eigenvalue weighted by Gasteiger charge is 2.37. The summed E-state index contributed by atoms with van der Waals surface area (Å²) in [4.78, 5) is 13.4.